The predicted octanol–water partition coefficient (Wildman–Crippen LogP) is 3.82. The van der Waals surface area contributed by atoms with E-state index < -0.39 is 0 Å². The summed E-state index contributed by atoms with van der Waals surface area (Å²) in [5.41, 5.74) is 1.34. The Hall–Kier alpha value is -1.26. The summed E-state index contributed by atoms with van der Waals surface area (Å²) < 4.78 is 2.10. The molecule has 0 fully saturated rings. The third-order valence-corrected chi connectivity index (χ3v) is 4.44. The van der Waals surface area contributed by atoms with Crippen molar-refractivity contribution in [2.75, 3.05) is 12.3 Å². The fourth-order valence-electron chi connectivity index (χ4n) is 2.37. The minimum atomic E-state index is 0.326. The summed E-state index contributed by atoms with van der Waals surface area (Å²) in [6, 6.07) is 9.26. The minimum Gasteiger partial charge on any atom is -0.338 e. The van der Waals surface area contributed by atoms with E-state index in [0.717, 1.165) is 31.0 Å². The topological polar surface area (TPSA) is 29.9 Å². The van der Waals surface area contributed by atoms with Gasteiger partial charge in [0, 0.05) is 36.8 Å². The second kappa shape index (κ2) is 8.25. The summed E-state index contributed by atoms with van der Waals surface area (Å²) >= 11 is 1.88. The number of hydrogen-bond donors (Lipinski definition) is 1. The molecule has 2 rings (SSSR count). The highest BCUT2D eigenvalue weighted by Crippen LogP contribution is 2.22. The van der Waals surface area contributed by atoms with E-state index in [1.165, 1.54) is 10.5 Å². The van der Waals surface area contributed by atoms with Crippen LogP contribution in [0.15, 0.2) is 41.6 Å². The standard InChI is InChI=1S/C17H25N3S/c1-4-10-18-16(13-17-19-11-12-20(17)3)14-6-8-15(9-7-14)21-5-2/h6-9,11-12,16,18H,4-5,10,13H2,1-3H3. The van der Waals surface area contributed by atoms with E-state index in [4.69, 9.17) is 0 Å². The van der Waals surface area contributed by atoms with Crippen LogP contribution in [0.3, 0.4) is 0 Å². The zero-order valence-electron chi connectivity index (χ0n) is 13.2. The molecule has 0 saturated heterocycles. The smallest absolute Gasteiger partial charge is 0.110 e. The van der Waals surface area contributed by atoms with Gasteiger partial charge in [0.1, 0.15) is 5.82 Å². The summed E-state index contributed by atoms with van der Waals surface area (Å²) in [7, 11) is 2.06. The molecule has 4 heteroatoms. The molecule has 21 heavy (non-hydrogen) atoms. The summed E-state index contributed by atoms with van der Waals surface area (Å²) in [5.74, 6) is 2.24. The second-order valence-electron chi connectivity index (χ2n) is 5.17. The number of hydrogen-bond acceptors (Lipinski definition) is 3. The van der Waals surface area contributed by atoms with Gasteiger partial charge >= 0.3 is 0 Å². The van der Waals surface area contributed by atoms with Gasteiger partial charge in [-0.25, -0.2) is 4.98 Å². The highest BCUT2D eigenvalue weighted by Gasteiger charge is 2.14. The first-order valence-corrected chi connectivity index (χ1v) is 8.65. The van der Waals surface area contributed by atoms with Crippen molar-refractivity contribution < 1.29 is 0 Å². The molecular weight excluding hydrogens is 278 g/mol. The average Bonchev–Trinajstić information content (AvgIpc) is 2.90. The maximum absolute atomic E-state index is 4.45. The zero-order chi connectivity index (χ0) is 15.1. The Balaban J connectivity index is 2.12. The van der Waals surface area contributed by atoms with E-state index in [1.807, 2.05) is 24.2 Å². The van der Waals surface area contributed by atoms with Crippen LogP contribution >= 0.6 is 11.8 Å². The number of aryl methyl sites for hydroxylation is 1. The molecule has 1 N–H and O–H groups in total. The van der Waals surface area contributed by atoms with E-state index in [2.05, 4.69) is 60.0 Å². The van der Waals surface area contributed by atoms with Gasteiger partial charge in [0.25, 0.3) is 0 Å². The molecule has 0 aliphatic carbocycles. The molecule has 0 aliphatic rings. The molecule has 2 aromatic rings. The number of benzene rings is 1. The summed E-state index contributed by atoms with van der Waals surface area (Å²) in [6.45, 7) is 5.41. The van der Waals surface area contributed by atoms with Gasteiger partial charge in [0.2, 0.25) is 0 Å². The lowest BCUT2D eigenvalue weighted by molar-refractivity contribution is 0.512. The maximum atomic E-state index is 4.45. The maximum Gasteiger partial charge on any atom is 0.110 e. The third-order valence-electron chi connectivity index (χ3n) is 3.54. The van der Waals surface area contributed by atoms with E-state index in [1.54, 1.807) is 0 Å². The SMILES string of the molecule is CCCNC(Cc1nccn1C)c1ccc(SCC)cc1. The summed E-state index contributed by atoms with van der Waals surface area (Å²) in [6.07, 6.45) is 5.94. The molecule has 1 aromatic carbocycles. The van der Waals surface area contributed by atoms with Crippen LogP contribution < -0.4 is 5.32 Å². The van der Waals surface area contributed by atoms with Crippen LogP contribution in [-0.2, 0) is 13.5 Å². The number of thioether (sulfide) groups is 1. The fraction of sp³-hybridized carbons (Fsp3) is 0.471. The van der Waals surface area contributed by atoms with Crippen molar-refractivity contribution in [3.05, 3.63) is 48.0 Å². The van der Waals surface area contributed by atoms with Crippen molar-refractivity contribution in [1.29, 1.82) is 0 Å². The predicted molar refractivity (Wildman–Crippen MR) is 90.8 cm³/mol. The number of aromatic nitrogens is 2. The van der Waals surface area contributed by atoms with Crippen LogP contribution in [-0.4, -0.2) is 21.8 Å². The number of imidazole rings is 1. The molecule has 0 spiro atoms. The highest BCUT2D eigenvalue weighted by molar-refractivity contribution is 7.99. The molecule has 0 bridgehead atoms. The van der Waals surface area contributed by atoms with E-state index in [-0.39, 0.29) is 0 Å². The molecule has 1 atom stereocenters. The quantitative estimate of drug-likeness (QED) is 0.752. The molecule has 1 aromatic heterocycles. The molecule has 1 heterocycles. The molecule has 0 amide bonds. The Morgan fingerprint density at radius 1 is 1.24 bits per heavy atom. The van der Waals surface area contributed by atoms with E-state index in [0.29, 0.717) is 6.04 Å². The monoisotopic (exact) mass is 303 g/mol. The molecule has 0 saturated carbocycles. The van der Waals surface area contributed by atoms with E-state index >= 15 is 0 Å². The molecule has 1 unspecified atom stereocenters. The van der Waals surface area contributed by atoms with Gasteiger partial charge in [-0.3, -0.25) is 0 Å². The van der Waals surface area contributed by atoms with Crippen molar-refractivity contribution in [1.82, 2.24) is 14.9 Å². The van der Waals surface area contributed by atoms with Crippen LogP contribution in [0.4, 0.5) is 0 Å². The van der Waals surface area contributed by atoms with Gasteiger partial charge in [0.15, 0.2) is 0 Å². The van der Waals surface area contributed by atoms with Crippen molar-refractivity contribution in [2.24, 2.45) is 7.05 Å². The molecule has 3 nitrogen and oxygen atoms in total. The number of rotatable bonds is 8. The lowest BCUT2D eigenvalue weighted by atomic mass is 10.0. The highest BCUT2D eigenvalue weighted by atomic mass is 32.2. The van der Waals surface area contributed by atoms with Gasteiger partial charge in [-0.05, 0) is 36.4 Å². The Morgan fingerprint density at radius 3 is 2.57 bits per heavy atom. The fourth-order valence-corrected chi connectivity index (χ4v) is 3.03. The van der Waals surface area contributed by atoms with Crippen molar-refractivity contribution in [3.8, 4) is 0 Å². The first-order valence-electron chi connectivity index (χ1n) is 7.67. The summed E-state index contributed by atoms with van der Waals surface area (Å²) in [4.78, 5) is 5.80. The second-order valence-corrected chi connectivity index (χ2v) is 6.50. The van der Waals surface area contributed by atoms with Crippen molar-refractivity contribution >= 4 is 11.8 Å². The van der Waals surface area contributed by atoms with Gasteiger partial charge < -0.3 is 9.88 Å². The average molecular weight is 303 g/mol. The van der Waals surface area contributed by atoms with E-state index in [9.17, 15) is 0 Å². The zero-order valence-corrected chi connectivity index (χ0v) is 14.0. The van der Waals surface area contributed by atoms with Crippen LogP contribution in [0.1, 0.15) is 37.7 Å². The van der Waals surface area contributed by atoms with Crippen molar-refractivity contribution in [3.63, 3.8) is 0 Å². The number of nitrogens with one attached hydrogen (secondary N) is 1. The van der Waals surface area contributed by atoms with Gasteiger partial charge in [-0.15, -0.1) is 11.8 Å². The first kappa shape index (κ1) is 16.1. The van der Waals surface area contributed by atoms with Crippen LogP contribution in [0.25, 0.3) is 0 Å². The lowest BCUT2D eigenvalue weighted by Crippen LogP contribution is -2.25. The third kappa shape index (κ3) is 4.61. The van der Waals surface area contributed by atoms with Gasteiger partial charge in [-0.2, -0.15) is 0 Å². The van der Waals surface area contributed by atoms with Crippen molar-refractivity contribution in [2.45, 2.75) is 37.6 Å². The molecule has 0 aliphatic heterocycles. The molecule has 114 valence electrons. The largest absolute Gasteiger partial charge is 0.338 e. The normalized spacial score (nSPS) is 12.5. The Labute approximate surface area is 132 Å². The number of nitrogens with zero attached hydrogens (tertiary/aromatic N) is 2. The van der Waals surface area contributed by atoms with Gasteiger partial charge in [-0.1, -0.05) is 26.0 Å². The molecule has 0 radical (unpaired) electrons. The Kier molecular flexibility index (Phi) is 6.33. The first-order chi connectivity index (χ1) is 10.2. The summed E-state index contributed by atoms with van der Waals surface area (Å²) in [5, 5.41) is 3.64. The van der Waals surface area contributed by atoms with Crippen LogP contribution in [0, 0.1) is 0 Å². The molecular formula is C17H25N3S. The minimum absolute atomic E-state index is 0.326. The Morgan fingerprint density at radius 2 is 2.00 bits per heavy atom. The van der Waals surface area contributed by atoms with Gasteiger partial charge in [0.05, 0.1) is 0 Å². The Bertz CT molecular complexity index is 533. The lowest BCUT2D eigenvalue weighted by Gasteiger charge is -2.19. The van der Waals surface area contributed by atoms with Crippen LogP contribution in [0.2, 0.25) is 0 Å². The van der Waals surface area contributed by atoms with Crippen LogP contribution in [0.5, 0.6) is 0 Å².